The van der Waals surface area contributed by atoms with E-state index in [9.17, 15) is 15.0 Å². The topological polar surface area (TPSA) is 85.3 Å². The smallest absolute Gasteiger partial charge is 0.152 e. The van der Waals surface area contributed by atoms with Crippen molar-refractivity contribution in [2.75, 3.05) is 13.6 Å². The Morgan fingerprint density at radius 3 is 2.89 bits per heavy atom. The summed E-state index contributed by atoms with van der Waals surface area (Å²) in [5.74, 6) is 0. The number of benzene rings is 1. The van der Waals surface area contributed by atoms with E-state index in [1.807, 2.05) is 0 Å². The number of aldehydes is 1. The van der Waals surface area contributed by atoms with E-state index in [-0.39, 0.29) is 0 Å². The number of hydrogen-bond donors (Lipinski definition) is 4. The van der Waals surface area contributed by atoms with Crippen LogP contribution in [0.5, 0.6) is 0 Å². The number of carbonyl (C=O) groups is 1. The number of nitrogens with one attached hydrogen (secondary N) is 2. The van der Waals surface area contributed by atoms with Crippen molar-refractivity contribution in [2.24, 2.45) is 0 Å². The molecular formula is C14H18N2O3. The first-order valence-electron chi connectivity index (χ1n) is 6.24. The van der Waals surface area contributed by atoms with Gasteiger partial charge in [-0.05, 0) is 37.7 Å². The quantitative estimate of drug-likeness (QED) is 0.585. The van der Waals surface area contributed by atoms with Crippen LogP contribution >= 0.6 is 0 Å². The van der Waals surface area contributed by atoms with E-state index < -0.39 is 12.2 Å². The summed E-state index contributed by atoms with van der Waals surface area (Å²) in [6.07, 6.45) is 1.08. The van der Waals surface area contributed by atoms with E-state index in [4.69, 9.17) is 0 Å². The Hall–Kier alpha value is -1.69. The summed E-state index contributed by atoms with van der Waals surface area (Å²) >= 11 is 0. The fraction of sp³-hybridized carbons (Fsp3) is 0.357. The molecule has 1 heterocycles. The van der Waals surface area contributed by atoms with Gasteiger partial charge in [0.25, 0.3) is 0 Å². The van der Waals surface area contributed by atoms with Gasteiger partial charge in [-0.25, -0.2) is 0 Å². The molecule has 5 heteroatoms. The molecule has 0 radical (unpaired) electrons. The molecule has 1 aromatic heterocycles. The highest BCUT2D eigenvalue weighted by molar-refractivity contribution is 5.97. The lowest BCUT2D eigenvalue weighted by molar-refractivity contribution is 0.0141. The lowest BCUT2D eigenvalue weighted by Crippen LogP contribution is -2.23. The number of H-pyrrole nitrogens is 1. The molecule has 5 nitrogen and oxygen atoms in total. The number of aliphatic hydroxyl groups is 2. The third-order valence-corrected chi connectivity index (χ3v) is 3.26. The zero-order valence-corrected chi connectivity index (χ0v) is 10.8. The van der Waals surface area contributed by atoms with Crippen molar-refractivity contribution in [1.82, 2.24) is 10.3 Å². The molecule has 2 unspecified atom stereocenters. The first kappa shape index (κ1) is 13.7. The van der Waals surface area contributed by atoms with Crippen LogP contribution in [0.1, 0.15) is 28.4 Å². The maximum absolute atomic E-state index is 10.9. The first-order valence-corrected chi connectivity index (χ1v) is 6.24. The van der Waals surface area contributed by atoms with Gasteiger partial charge in [0.1, 0.15) is 6.10 Å². The van der Waals surface area contributed by atoms with Crippen molar-refractivity contribution in [3.63, 3.8) is 0 Å². The van der Waals surface area contributed by atoms with Crippen molar-refractivity contribution in [3.05, 3.63) is 35.5 Å². The summed E-state index contributed by atoms with van der Waals surface area (Å²) in [6.45, 7) is 0.629. The van der Waals surface area contributed by atoms with Crippen LogP contribution in [0.25, 0.3) is 10.9 Å². The fourth-order valence-corrected chi connectivity index (χ4v) is 2.11. The molecule has 0 saturated heterocycles. The standard InChI is InChI=1S/C14H18N2O3/c1-15-5-4-13(18)14(19)9-2-3-12-11(6-9)10(8-17)7-16-12/h2-3,6-8,13-16,18-19H,4-5H2,1H3. The van der Waals surface area contributed by atoms with Gasteiger partial charge in [0, 0.05) is 22.7 Å². The summed E-state index contributed by atoms with van der Waals surface area (Å²) in [5, 5.41) is 23.7. The Labute approximate surface area is 111 Å². The lowest BCUT2D eigenvalue weighted by Gasteiger charge is -2.18. The molecule has 102 valence electrons. The van der Waals surface area contributed by atoms with Crippen LogP contribution in [0.3, 0.4) is 0 Å². The van der Waals surface area contributed by atoms with Gasteiger partial charge in [-0.1, -0.05) is 6.07 Å². The number of carbonyl (C=O) groups excluding carboxylic acids is 1. The number of aromatic nitrogens is 1. The minimum absolute atomic E-state index is 0.462. The van der Waals surface area contributed by atoms with Crippen LogP contribution in [-0.4, -0.2) is 41.2 Å². The lowest BCUT2D eigenvalue weighted by atomic mass is 10.00. The Morgan fingerprint density at radius 1 is 1.42 bits per heavy atom. The van der Waals surface area contributed by atoms with Gasteiger partial charge in [0.05, 0.1) is 6.10 Å². The van der Waals surface area contributed by atoms with Gasteiger partial charge in [-0.15, -0.1) is 0 Å². The summed E-state index contributed by atoms with van der Waals surface area (Å²) in [5.41, 5.74) is 2.00. The second-order valence-corrected chi connectivity index (χ2v) is 4.57. The fourth-order valence-electron chi connectivity index (χ4n) is 2.11. The molecule has 0 bridgehead atoms. The van der Waals surface area contributed by atoms with Crippen LogP contribution in [0.15, 0.2) is 24.4 Å². The highest BCUT2D eigenvalue weighted by Gasteiger charge is 2.18. The monoisotopic (exact) mass is 262 g/mol. The van der Waals surface area contributed by atoms with Crippen LogP contribution in [0.2, 0.25) is 0 Å². The normalized spacial score (nSPS) is 14.5. The van der Waals surface area contributed by atoms with E-state index in [2.05, 4.69) is 10.3 Å². The van der Waals surface area contributed by atoms with Crippen molar-refractivity contribution in [3.8, 4) is 0 Å². The first-order chi connectivity index (χ1) is 9.17. The van der Waals surface area contributed by atoms with E-state index in [0.29, 0.717) is 24.1 Å². The maximum Gasteiger partial charge on any atom is 0.152 e. The Kier molecular flexibility index (Phi) is 4.31. The molecule has 0 spiro atoms. The van der Waals surface area contributed by atoms with Gasteiger partial charge < -0.3 is 20.5 Å². The number of hydrogen-bond acceptors (Lipinski definition) is 4. The molecule has 2 aromatic rings. The molecule has 0 amide bonds. The Bertz CT molecular complexity index is 565. The maximum atomic E-state index is 10.9. The average Bonchev–Trinajstić information content (AvgIpc) is 2.85. The molecule has 1 aromatic carbocycles. The summed E-state index contributed by atoms with van der Waals surface area (Å²) in [4.78, 5) is 13.9. The van der Waals surface area contributed by atoms with Gasteiger partial charge >= 0.3 is 0 Å². The third-order valence-electron chi connectivity index (χ3n) is 3.26. The molecule has 0 fully saturated rings. The number of aromatic amines is 1. The van der Waals surface area contributed by atoms with Crippen molar-refractivity contribution in [1.29, 1.82) is 0 Å². The molecular weight excluding hydrogens is 244 g/mol. The Morgan fingerprint density at radius 2 is 2.21 bits per heavy atom. The van der Waals surface area contributed by atoms with E-state index in [1.54, 1.807) is 31.4 Å². The summed E-state index contributed by atoms with van der Waals surface area (Å²) in [6, 6.07) is 5.29. The van der Waals surface area contributed by atoms with Crippen molar-refractivity contribution in [2.45, 2.75) is 18.6 Å². The number of rotatable bonds is 6. The second kappa shape index (κ2) is 5.97. The zero-order valence-electron chi connectivity index (χ0n) is 10.8. The minimum atomic E-state index is -0.952. The predicted octanol–water partition coefficient (Wildman–Crippen LogP) is 0.984. The van der Waals surface area contributed by atoms with Crippen LogP contribution in [0.4, 0.5) is 0 Å². The van der Waals surface area contributed by atoms with Crippen molar-refractivity contribution < 1.29 is 15.0 Å². The third kappa shape index (κ3) is 2.84. The highest BCUT2D eigenvalue weighted by Crippen LogP contribution is 2.24. The second-order valence-electron chi connectivity index (χ2n) is 4.57. The zero-order chi connectivity index (χ0) is 13.8. The van der Waals surface area contributed by atoms with Gasteiger partial charge in [0.15, 0.2) is 6.29 Å². The van der Waals surface area contributed by atoms with Crippen LogP contribution in [-0.2, 0) is 0 Å². The molecule has 0 saturated carbocycles. The Balaban J connectivity index is 2.26. The van der Waals surface area contributed by atoms with E-state index in [0.717, 1.165) is 17.2 Å². The van der Waals surface area contributed by atoms with Gasteiger partial charge in [0.2, 0.25) is 0 Å². The average molecular weight is 262 g/mol. The highest BCUT2D eigenvalue weighted by atomic mass is 16.3. The predicted molar refractivity (Wildman–Crippen MR) is 73.2 cm³/mol. The number of fused-ring (bicyclic) bond motifs is 1. The molecule has 4 N–H and O–H groups in total. The minimum Gasteiger partial charge on any atom is -0.390 e. The summed E-state index contributed by atoms with van der Waals surface area (Å²) in [7, 11) is 1.79. The molecule has 19 heavy (non-hydrogen) atoms. The van der Waals surface area contributed by atoms with E-state index in [1.165, 1.54) is 0 Å². The summed E-state index contributed by atoms with van der Waals surface area (Å²) < 4.78 is 0. The van der Waals surface area contributed by atoms with Gasteiger partial charge in [-0.3, -0.25) is 4.79 Å². The van der Waals surface area contributed by atoms with Crippen molar-refractivity contribution >= 4 is 17.2 Å². The molecule has 2 atom stereocenters. The SMILES string of the molecule is CNCCC(O)C(O)c1ccc2[nH]cc(C=O)c2c1. The molecule has 0 aliphatic carbocycles. The number of aliphatic hydroxyl groups excluding tert-OH is 2. The molecule has 0 aliphatic rings. The van der Waals surface area contributed by atoms with Gasteiger partial charge in [-0.2, -0.15) is 0 Å². The van der Waals surface area contributed by atoms with Crippen LogP contribution in [0, 0.1) is 0 Å². The molecule has 0 aliphatic heterocycles. The van der Waals surface area contributed by atoms with E-state index >= 15 is 0 Å². The largest absolute Gasteiger partial charge is 0.390 e. The van der Waals surface area contributed by atoms with Crippen LogP contribution < -0.4 is 5.32 Å². The molecule has 2 rings (SSSR count).